The molecular weight excluding hydrogens is 347 g/mol. The van der Waals surface area contributed by atoms with E-state index in [0.717, 1.165) is 37.5 Å². The van der Waals surface area contributed by atoms with Crippen molar-refractivity contribution in [2.45, 2.75) is 12.6 Å². The lowest BCUT2D eigenvalue weighted by atomic mass is 10.1. The summed E-state index contributed by atoms with van der Waals surface area (Å²) in [6.45, 7) is 5.13. The van der Waals surface area contributed by atoms with Crippen LogP contribution in [0, 0.1) is 5.82 Å². The smallest absolute Gasteiger partial charge is 0.165 e. The Kier molecular flexibility index (Phi) is 7.04. The molecule has 146 valence electrons. The van der Waals surface area contributed by atoms with Gasteiger partial charge in [0, 0.05) is 39.3 Å². The zero-order valence-corrected chi connectivity index (χ0v) is 15.7. The SMILES string of the molecule is COc1ccc(CN2CCN(CC(O)COc3ccccc3)CC2)cc1F. The number of para-hydroxylation sites is 1. The van der Waals surface area contributed by atoms with Crippen molar-refractivity contribution in [3.8, 4) is 11.5 Å². The number of aliphatic hydroxyl groups excluding tert-OH is 1. The first-order valence-electron chi connectivity index (χ1n) is 9.27. The maximum absolute atomic E-state index is 13.8. The third kappa shape index (κ3) is 5.92. The molecule has 1 heterocycles. The fourth-order valence-corrected chi connectivity index (χ4v) is 3.26. The van der Waals surface area contributed by atoms with E-state index < -0.39 is 6.10 Å². The van der Waals surface area contributed by atoms with E-state index >= 15 is 0 Å². The first-order chi connectivity index (χ1) is 13.1. The number of rotatable bonds is 8. The van der Waals surface area contributed by atoms with Gasteiger partial charge in [-0.1, -0.05) is 24.3 Å². The molecule has 0 spiro atoms. The van der Waals surface area contributed by atoms with Crippen LogP contribution in [0.3, 0.4) is 0 Å². The van der Waals surface area contributed by atoms with Crippen LogP contribution in [0.1, 0.15) is 5.56 Å². The monoisotopic (exact) mass is 374 g/mol. The molecule has 0 aliphatic carbocycles. The van der Waals surface area contributed by atoms with E-state index in [4.69, 9.17) is 9.47 Å². The van der Waals surface area contributed by atoms with Crippen LogP contribution in [0.4, 0.5) is 4.39 Å². The van der Waals surface area contributed by atoms with Crippen molar-refractivity contribution in [1.29, 1.82) is 0 Å². The van der Waals surface area contributed by atoms with E-state index in [1.807, 2.05) is 36.4 Å². The minimum absolute atomic E-state index is 0.273. The van der Waals surface area contributed by atoms with Gasteiger partial charge in [-0.3, -0.25) is 9.80 Å². The number of ether oxygens (including phenoxy) is 2. The Labute approximate surface area is 159 Å². The lowest BCUT2D eigenvalue weighted by molar-refractivity contribution is 0.0446. The molecule has 27 heavy (non-hydrogen) atoms. The summed E-state index contributed by atoms with van der Waals surface area (Å²) in [5.41, 5.74) is 0.943. The van der Waals surface area contributed by atoms with Crippen LogP contribution in [-0.4, -0.2) is 67.5 Å². The highest BCUT2D eigenvalue weighted by Gasteiger charge is 2.20. The Balaban J connectivity index is 1.39. The zero-order valence-electron chi connectivity index (χ0n) is 15.7. The number of methoxy groups -OCH3 is 1. The van der Waals surface area contributed by atoms with E-state index in [2.05, 4.69) is 9.80 Å². The Bertz CT molecular complexity index is 706. The van der Waals surface area contributed by atoms with Crippen molar-refractivity contribution in [3.63, 3.8) is 0 Å². The molecule has 0 aromatic heterocycles. The van der Waals surface area contributed by atoms with E-state index in [1.165, 1.54) is 13.2 Å². The average Bonchev–Trinajstić information content (AvgIpc) is 2.69. The molecule has 0 radical (unpaired) electrons. The Hall–Kier alpha value is -2.15. The van der Waals surface area contributed by atoms with Gasteiger partial charge in [0.1, 0.15) is 18.5 Å². The van der Waals surface area contributed by atoms with Gasteiger partial charge in [-0.25, -0.2) is 4.39 Å². The maximum Gasteiger partial charge on any atom is 0.165 e. The predicted molar refractivity (Wildman–Crippen MR) is 103 cm³/mol. The zero-order chi connectivity index (χ0) is 19.1. The van der Waals surface area contributed by atoms with Gasteiger partial charge in [-0.05, 0) is 29.8 Å². The second-order valence-electron chi connectivity index (χ2n) is 6.82. The number of halogens is 1. The van der Waals surface area contributed by atoms with E-state index in [-0.39, 0.29) is 18.2 Å². The Morgan fingerprint density at radius 3 is 2.41 bits per heavy atom. The van der Waals surface area contributed by atoms with Gasteiger partial charge in [-0.15, -0.1) is 0 Å². The number of aliphatic hydroxyl groups is 1. The number of β-amino-alcohol motifs (C(OH)–C–C–N with tert-alkyl or cyclic N) is 1. The van der Waals surface area contributed by atoms with Crippen molar-refractivity contribution in [3.05, 3.63) is 59.9 Å². The molecule has 1 unspecified atom stereocenters. The summed E-state index contributed by atoms with van der Waals surface area (Å²) in [6, 6.07) is 14.6. The van der Waals surface area contributed by atoms with Gasteiger partial charge in [-0.2, -0.15) is 0 Å². The Morgan fingerprint density at radius 1 is 1.04 bits per heavy atom. The predicted octanol–water partition coefficient (Wildman–Crippen LogP) is 2.39. The van der Waals surface area contributed by atoms with Gasteiger partial charge in [0.25, 0.3) is 0 Å². The first-order valence-corrected chi connectivity index (χ1v) is 9.27. The average molecular weight is 374 g/mol. The molecule has 1 aliphatic rings. The second-order valence-corrected chi connectivity index (χ2v) is 6.82. The minimum atomic E-state index is -0.521. The summed E-state index contributed by atoms with van der Waals surface area (Å²) in [7, 11) is 1.47. The van der Waals surface area contributed by atoms with Crippen LogP contribution in [0.15, 0.2) is 48.5 Å². The third-order valence-corrected chi connectivity index (χ3v) is 4.74. The molecule has 1 fully saturated rings. The van der Waals surface area contributed by atoms with Gasteiger partial charge >= 0.3 is 0 Å². The second kappa shape index (κ2) is 9.69. The van der Waals surface area contributed by atoms with Crippen LogP contribution in [0.5, 0.6) is 11.5 Å². The molecule has 0 bridgehead atoms. The van der Waals surface area contributed by atoms with Gasteiger partial charge in [0.05, 0.1) is 7.11 Å². The molecule has 1 saturated heterocycles. The molecule has 1 atom stereocenters. The lowest BCUT2D eigenvalue weighted by Crippen LogP contribution is -2.48. The molecule has 2 aromatic rings. The van der Waals surface area contributed by atoms with Gasteiger partial charge in [0.2, 0.25) is 0 Å². The topological polar surface area (TPSA) is 45.2 Å². The molecule has 2 aromatic carbocycles. The fourth-order valence-electron chi connectivity index (χ4n) is 3.26. The van der Waals surface area contributed by atoms with Crippen molar-refractivity contribution >= 4 is 0 Å². The summed E-state index contributed by atoms with van der Waals surface area (Å²) in [4.78, 5) is 4.54. The molecule has 1 aliphatic heterocycles. The molecule has 6 heteroatoms. The molecule has 5 nitrogen and oxygen atoms in total. The molecular formula is C21H27FN2O3. The van der Waals surface area contributed by atoms with Crippen LogP contribution in [0.2, 0.25) is 0 Å². The van der Waals surface area contributed by atoms with E-state index in [0.29, 0.717) is 13.1 Å². The highest BCUT2D eigenvalue weighted by molar-refractivity contribution is 5.29. The van der Waals surface area contributed by atoms with Crippen molar-refractivity contribution in [2.24, 2.45) is 0 Å². The van der Waals surface area contributed by atoms with E-state index in [9.17, 15) is 9.50 Å². The summed E-state index contributed by atoms with van der Waals surface area (Å²) >= 11 is 0. The van der Waals surface area contributed by atoms with Crippen LogP contribution in [0.25, 0.3) is 0 Å². The van der Waals surface area contributed by atoms with Crippen LogP contribution in [-0.2, 0) is 6.54 Å². The van der Waals surface area contributed by atoms with Crippen LogP contribution < -0.4 is 9.47 Å². The fraction of sp³-hybridized carbons (Fsp3) is 0.429. The van der Waals surface area contributed by atoms with Crippen molar-refractivity contribution < 1.29 is 19.0 Å². The lowest BCUT2D eigenvalue weighted by Gasteiger charge is -2.35. The normalized spacial score (nSPS) is 16.9. The number of benzene rings is 2. The Morgan fingerprint density at radius 2 is 1.74 bits per heavy atom. The van der Waals surface area contributed by atoms with Crippen molar-refractivity contribution in [2.75, 3.05) is 46.4 Å². The highest BCUT2D eigenvalue weighted by atomic mass is 19.1. The molecule has 3 rings (SSSR count). The number of hydrogen-bond donors (Lipinski definition) is 1. The molecule has 0 saturated carbocycles. The van der Waals surface area contributed by atoms with Crippen LogP contribution >= 0.6 is 0 Å². The highest BCUT2D eigenvalue weighted by Crippen LogP contribution is 2.19. The number of nitrogens with zero attached hydrogens (tertiary/aromatic N) is 2. The summed E-state index contributed by atoms with van der Waals surface area (Å²) in [5.74, 6) is 0.721. The molecule has 0 amide bonds. The summed E-state index contributed by atoms with van der Waals surface area (Å²) in [5, 5.41) is 10.2. The quantitative estimate of drug-likeness (QED) is 0.769. The summed E-state index contributed by atoms with van der Waals surface area (Å²) < 4.78 is 24.4. The largest absolute Gasteiger partial charge is 0.494 e. The first kappa shape index (κ1) is 19.6. The van der Waals surface area contributed by atoms with Crippen molar-refractivity contribution in [1.82, 2.24) is 9.80 Å². The standard InChI is InChI=1S/C21H27FN2O3/c1-26-21-8-7-17(13-20(21)22)14-23-9-11-24(12-10-23)15-18(25)16-27-19-5-3-2-4-6-19/h2-8,13,18,25H,9-12,14-16H2,1H3. The molecule has 1 N–H and O–H groups in total. The number of piperazine rings is 1. The third-order valence-electron chi connectivity index (χ3n) is 4.74. The van der Waals surface area contributed by atoms with E-state index in [1.54, 1.807) is 6.07 Å². The van der Waals surface area contributed by atoms with Gasteiger partial charge < -0.3 is 14.6 Å². The maximum atomic E-state index is 13.8. The summed E-state index contributed by atoms with van der Waals surface area (Å²) in [6.07, 6.45) is -0.521. The number of hydrogen-bond acceptors (Lipinski definition) is 5. The van der Waals surface area contributed by atoms with Gasteiger partial charge in [0.15, 0.2) is 11.6 Å². The minimum Gasteiger partial charge on any atom is -0.494 e.